The van der Waals surface area contributed by atoms with Crippen molar-refractivity contribution in [3.63, 3.8) is 0 Å². The number of hydrogen-bond donors (Lipinski definition) is 0. The van der Waals surface area contributed by atoms with E-state index in [1.807, 2.05) is 6.07 Å². The Morgan fingerprint density at radius 1 is 0.682 bits per heavy atom. The number of benzene rings is 2. The lowest BCUT2D eigenvalue weighted by Crippen LogP contribution is -1.99. The van der Waals surface area contributed by atoms with E-state index in [-0.39, 0.29) is 0 Å². The number of aromatic nitrogens is 1. The van der Waals surface area contributed by atoms with Crippen molar-refractivity contribution in [2.45, 2.75) is 26.7 Å². The molecule has 0 aliphatic heterocycles. The highest BCUT2D eigenvalue weighted by Crippen LogP contribution is 2.27. The quantitative estimate of drug-likeness (QED) is 0.618. The van der Waals surface area contributed by atoms with Crippen molar-refractivity contribution in [3.05, 3.63) is 89.2 Å². The van der Waals surface area contributed by atoms with Crippen molar-refractivity contribution in [2.24, 2.45) is 0 Å². The molecule has 0 aliphatic carbocycles. The van der Waals surface area contributed by atoms with Gasteiger partial charge in [-0.1, -0.05) is 61.5 Å². The van der Waals surface area contributed by atoms with E-state index in [9.17, 15) is 0 Å². The predicted molar refractivity (Wildman–Crippen MR) is 93.1 cm³/mol. The van der Waals surface area contributed by atoms with E-state index >= 15 is 0 Å². The van der Waals surface area contributed by atoms with Gasteiger partial charge in [0, 0.05) is 17.3 Å². The van der Waals surface area contributed by atoms with Crippen LogP contribution in [0.5, 0.6) is 0 Å². The summed E-state index contributed by atoms with van der Waals surface area (Å²) in [4.78, 5) is 4.46. The van der Waals surface area contributed by atoms with Crippen LogP contribution in [0, 0.1) is 13.8 Å². The van der Waals surface area contributed by atoms with Crippen LogP contribution < -0.4 is 0 Å². The van der Waals surface area contributed by atoms with Gasteiger partial charge in [-0.2, -0.15) is 0 Å². The van der Waals surface area contributed by atoms with E-state index in [1.165, 1.54) is 22.3 Å². The molecular formula is C21H21N. The molecule has 3 aromatic rings. The summed E-state index contributed by atoms with van der Waals surface area (Å²) in [5, 5.41) is 0. The van der Waals surface area contributed by atoms with Crippen LogP contribution in [0.3, 0.4) is 0 Å². The first kappa shape index (κ1) is 14.5. The zero-order valence-electron chi connectivity index (χ0n) is 13.4. The first-order chi connectivity index (χ1) is 10.6. The lowest BCUT2D eigenvalue weighted by atomic mass is 9.91. The van der Waals surface area contributed by atoms with Crippen molar-refractivity contribution in [1.29, 1.82) is 0 Å². The summed E-state index contributed by atoms with van der Waals surface area (Å²) in [6, 6.07) is 23.8. The molecule has 0 bridgehead atoms. The van der Waals surface area contributed by atoms with Crippen LogP contribution in [0.25, 0.3) is 11.1 Å². The fraction of sp³-hybridized carbons (Fsp3) is 0.190. The number of aryl methyl sites for hydroxylation is 2. The molecule has 1 atom stereocenters. The van der Waals surface area contributed by atoms with E-state index < -0.39 is 0 Å². The first-order valence-corrected chi connectivity index (χ1v) is 7.74. The van der Waals surface area contributed by atoms with Crippen LogP contribution >= 0.6 is 0 Å². The average Bonchev–Trinajstić information content (AvgIpc) is 2.54. The standard InChI is InChI=1S/C21H21N/c1-15-13-21(14-16(2)22-15)17(3)18-9-11-20(12-10-18)19-7-5-4-6-8-19/h4-14,17H,1-3H3. The Morgan fingerprint density at radius 2 is 1.23 bits per heavy atom. The summed E-state index contributed by atoms with van der Waals surface area (Å²) < 4.78 is 0. The first-order valence-electron chi connectivity index (χ1n) is 7.74. The SMILES string of the molecule is Cc1cc(C(C)c2ccc(-c3ccccc3)cc2)cc(C)n1. The third-order valence-electron chi connectivity index (χ3n) is 4.12. The molecule has 0 aliphatic rings. The van der Waals surface area contributed by atoms with Gasteiger partial charge in [0.15, 0.2) is 0 Å². The molecule has 110 valence electrons. The Bertz CT molecular complexity index is 737. The minimum atomic E-state index is 0.380. The zero-order valence-corrected chi connectivity index (χ0v) is 13.4. The third-order valence-corrected chi connectivity index (χ3v) is 4.12. The lowest BCUT2D eigenvalue weighted by Gasteiger charge is -2.14. The van der Waals surface area contributed by atoms with Gasteiger partial charge in [0.2, 0.25) is 0 Å². The Labute approximate surface area is 132 Å². The fourth-order valence-corrected chi connectivity index (χ4v) is 2.90. The van der Waals surface area contributed by atoms with Crippen molar-refractivity contribution < 1.29 is 0 Å². The number of rotatable bonds is 3. The molecule has 0 N–H and O–H groups in total. The van der Waals surface area contributed by atoms with Crippen LogP contribution in [0.15, 0.2) is 66.7 Å². The molecule has 0 saturated carbocycles. The molecule has 0 amide bonds. The minimum Gasteiger partial charge on any atom is -0.258 e. The highest BCUT2D eigenvalue weighted by molar-refractivity contribution is 5.63. The van der Waals surface area contributed by atoms with Crippen molar-refractivity contribution in [1.82, 2.24) is 4.98 Å². The molecule has 22 heavy (non-hydrogen) atoms. The minimum absolute atomic E-state index is 0.380. The van der Waals surface area contributed by atoms with Gasteiger partial charge in [0.1, 0.15) is 0 Å². The van der Waals surface area contributed by atoms with Crippen molar-refractivity contribution >= 4 is 0 Å². The largest absolute Gasteiger partial charge is 0.258 e. The smallest absolute Gasteiger partial charge is 0.0378 e. The Kier molecular flexibility index (Phi) is 4.06. The molecular weight excluding hydrogens is 266 g/mol. The van der Waals surface area contributed by atoms with Crippen molar-refractivity contribution in [2.75, 3.05) is 0 Å². The second-order valence-electron chi connectivity index (χ2n) is 5.89. The van der Waals surface area contributed by atoms with Crippen LogP contribution in [-0.2, 0) is 0 Å². The molecule has 2 aromatic carbocycles. The van der Waals surface area contributed by atoms with E-state index in [1.54, 1.807) is 0 Å². The van der Waals surface area contributed by atoms with Gasteiger partial charge in [0.05, 0.1) is 0 Å². The summed E-state index contributed by atoms with van der Waals surface area (Å²) >= 11 is 0. The van der Waals surface area contributed by atoms with Crippen molar-refractivity contribution in [3.8, 4) is 11.1 Å². The lowest BCUT2D eigenvalue weighted by molar-refractivity contribution is 0.905. The van der Waals surface area contributed by atoms with Gasteiger partial charge in [-0.15, -0.1) is 0 Å². The van der Waals surface area contributed by atoms with Gasteiger partial charge < -0.3 is 0 Å². The maximum atomic E-state index is 4.46. The van der Waals surface area contributed by atoms with Gasteiger partial charge >= 0.3 is 0 Å². The molecule has 0 spiro atoms. The maximum absolute atomic E-state index is 4.46. The van der Waals surface area contributed by atoms with Gasteiger partial charge in [-0.25, -0.2) is 0 Å². The highest BCUT2D eigenvalue weighted by atomic mass is 14.7. The zero-order chi connectivity index (χ0) is 15.5. The summed E-state index contributed by atoms with van der Waals surface area (Å²) in [5.41, 5.74) is 7.36. The molecule has 3 rings (SSSR count). The second kappa shape index (κ2) is 6.15. The Morgan fingerprint density at radius 3 is 1.82 bits per heavy atom. The molecule has 1 unspecified atom stereocenters. The Balaban J connectivity index is 1.89. The third kappa shape index (κ3) is 3.09. The molecule has 0 saturated heterocycles. The van der Waals surface area contributed by atoms with Gasteiger partial charge in [-0.3, -0.25) is 4.98 Å². The average molecular weight is 287 g/mol. The summed E-state index contributed by atoms with van der Waals surface area (Å²) in [7, 11) is 0. The highest BCUT2D eigenvalue weighted by Gasteiger charge is 2.10. The molecule has 1 nitrogen and oxygen atoms in total. The molecule has 0 radical (unpaired) electrons. The van der Waals surface area contributed by atoms with Crippen LogP contribution in [0.2, 0.25) is 0 Å². The van der Waals surface area contributed by atoms with Crippen LogP contribution in [-0.4, -0.2) is 4.98 Å². The molecule has 1 heteroatoms. The normalized spacial score (nSPS) is 12.1. The fourth-order valence-electron chi connectivity index (χ4n) is 2.90. The maximum Gasteiger partial charge on any atom is 0.0378 e. The van der Waals surface area contributed by atoms with E-state index in [2.05, 4.69) is 86.4 Å². The Hall–Kier alpha value is -2.41. The topological polar surface area (TPSA) is 12.9 Å². The predicted octanol–water partition coefficient (Wildman–Crippen LogP) is 5.52. The monoisotopic (exact) mass is 287 g/mol. The second-order valence-corrected chi connectivity index (χ2v) is 5.89. The summed E-state index contributed by atoms with van der Waals surface area (Å²) in [5.74, 6) is 0.380. The number of hydrogen-bond acceptors (Lipinski definition) is 1. The number of nitrogens with zero attached hydrogens (tertiary/aromatic N) is 1. The van der Waals surface area contributed by atoms with E-state index in [4.69, 9.17) is 0 Å². The molecule has 1 heterocycles. The van der Waals surface area contributed by atoms with Gasteiger partial charge in [0.25, 0.3) is 0 Å². The van der Waals surface area contributed by atoms with Gasteiger partial charge in [-0.05, 0) is 48.2 Å². The van der Waals surface area contributed by atoms with E-state index in [0.717, 1.165) is 11.4 Å². The van der Waals surface area contributed by atoms with Crippen LogP contribution in [0.4, 0.5) is 0 Å². The molecule has 1 aromatic heterocycles. The van der Waals surface area contributed by atoms with Crippen LogP contribution in [0.1, 0.15) is 35.4 Å². The molecule has 0 fully saturated rings. The summed E-state index contributed by atoms with van der Waals surface area (Å²) in [6.07, 6.45) is 0. The van der Waals surface area contributed by atoms with E-state index in [0.29, 0.717) is 5.92 Å². The summed E-state index contributed by atoms with van der Waals surface area (Å²) in [6.45, 7) is 6.37. The number of pyridine rings is 1.